The summed E-state index contributed by atoms with van der Waals surface area (Å²) < 4.78 is 0. The Hall–Kier alpha value is -1.30. The predicted molar refractivity (Wildman–Crippen MR) is 104 cm³/mol. The molecule has 2 saturated heterocycles. The summed E-state index contributed by atoms with van der Waals surface area (Å²) in [6.07, 6.45) is 7.91. The van der Waals surface area contributed by atoms with Crippen LogP contribution in [0.5, 0.6) is 0 Å². The number of piperidine rings is 1. The molecule has 1 amide bonds. The highest BCUT2D eigenvalue weighted by Gasteiger charge is 2.19. The first-order chi connectivity index (χ1) is 12.2. The van der Waals surface area contributed by atoms with E-state index in [1.54, 1.807) is 0 Å². The zero-order valence-corrected chi connectivity index (χ0v) is 16.2. The summed E-state index contributed by atoms with van der Waals surface area (Å²) in [6.45, 7) is 11.2. The molecule has 6 heteroatoms. The molecule has 1 atom stereocenters. The lowest BCUT2D eigenvalue weighted by Gasteiger charge is -2.33. The van der Waals surface area contributed by atoms with Crippen LogP contribution in [0.15, 0.2) is 4.99 Å². The third-order valence-electron chi connectivity index (χ3n) is 5.23. The first kappa shape index (κ1) is 20.0. The fraction of sp³-hybridized carbons (Fsp3) is 0.895. The molecule has 0 spiro atoms. The molecule has 2 aliphatic rings. The van der Waals surface area contributed by atoms with Crippen LogP contribution in [-0.2, 0) is 4.79 Å². The number of carbonyl (C=O) groups excluding carboxylic acids is 1. The van der Waals surface area contributed by atoms with Crippen molar-refractivity contribution in [1.29, 1.82) is 0 Å². The van der Waals surface area contributed by atoms with Gasteiger partial charge in [0.1, 0.15) is 0 Å². The Labute approximate surface area is 153 Å². The zero-order chi connectivity index (χ0) is 17.9. The lowest BCUT2D eigenvalue weighted by Crippen LogP contribution is -2.41. The van der Waals surface area contributed by atoms with Crippen molar-refractivity contribution in [2.75, 3.05) is 45.8 Å². The zero-order valence-electron chi connectivity index (χ0n) is 16.2. The van der Waals surface area contributed by atoms with Crippen LogP contribution in [0.4, 0.5) is 0 Å². The summed E-state index contributed by atoms with van der Waals surface area (Å²) in [7, 11) is 0. The maximum Gasteiger partial charge on any atom is 0.222 e. The van der Waals surface area contributed by atoms with Gasteiger partial charge in [0.15, 0.2) is 5.96 Å². The van der Waals surface area contributed by atoms with E-state index in [0.29, 0.717) is 5.91 Å². The molecule has 0 saturated carbocycles. The van der Waals surface area contributed by atoms with E-state index >= 15 is 0 Å². The molecule has 0 aromatic heterocycles. The van der Waals surface area contributed by atoms with Gasteiger partial charge in [-0.15, -0.1) is 0 Å². The van der Waals surface area contributed by atoms with Crippen LogP contribution in [0.3, 0.4) is 0 Å². The smallest absolute Gasteiger partial charge is 0.222 e. The monoisotopic (exact) mass is 351 g/mol. The summed E-state index contributed by atoms with van der Waals surface area (Å²) in [6, 6.07) is 0.740. The van der Waals surface area contributed by atoms with E-state index < -0.39 is 0 Å². The number of rotatable bonds is 9. The molecule has 2 fully saturated rings. The van der Waals surface area contributed by atoms with E-state index in [1.165, 1.54) is 32.4 Å². The molecule has 144 valence electrons. The second-order valence-electron chi connectivity index (χ2n) is 7.26. The molecule has 1 unspecified atom stereocenters. The van der Waals surface area contributed by atoms with Crippen LogP contribution in [0.1, 0.15) is 58.8 Å². The minimum Gasteiger partial charge on any atom is -0.357 e. The Balaban J connectivity index is 1.60. The normalized spacial score (nSPS) is 22.5. The fourth-order valence-corrected chi connectivity index (χ4v) is 3.71. The highest BCUT2D eigenvalue weighted by atomic mass is 16.2. The van der Waals surface area contributed by atoms with Crippen LogP contribution < -0.4 is 10.6 Å². The minimum absolute atomic E-state index is 0.306. The molecule has 2 heterocycles. The molecular weight excluding hydrogens is 314 g/mol. The van der Waals surface area contributed by atoms with Gasteiger partial charge in [-0.05, 0) is 52.5 Å². The second-order valence-corrected chi connectivity index (χ2v) is 7.26. The first-order valence-electron chi connectivity index (χ1n) is 10.2. The Morgan fingerprint density at radius 2 is 2.04 bits per heavy atom. The molecular formula is C19H37N5O. The van der Waals surface area contributed by atoms with Gasteiger partial charge >= 0.3 is 0 Å². The van der Waals surface area contributed by atoms with Gasteiger partial charge in [-0.25, -0.2) is 0 Å². The van der Waals surface area contributed by atoms with Gasteiger partial charge in [0.05, 0.1) is 0 Å². The highest BCUT2D eigenvalue weighted by Crippen LogP contribution is 2.16. The Morgan fingerprint density at radius 3 is 2.76 bits per heavy atom. The summed E-state index contributed by atoms with van der Waals surface area (Å²) in [5.74, 6) is 1.21. The Morgan fingerprint density at radius 1 is 1.16 bits per heavy atom. The van der Waals surface area contributed by atoms with E-state index in [-0.39, 0.29) is 0 Å². The second kappa shape index (κ2) is 11.3. The lowest BCUT2D eigenvalue weighted by atomic mass is 10.0. The van der Waals surface area contributed by atoms with Crippen molar-refractivity contribution >= 4 is 11.9 Å². The maximum atomic E-state index is 11.6. The molecule has 6 nitrogen and oxygen atoms in total. The van der Waals surface area contributed by atoms with Crippen molar-refractivity contribution in [3.05, 3.63) is 0 Å². The van der Waals surface area contributed by atoms with Gasteiger partial charge in [0.2, 0.25) is 5.91 Å². The summed E-state index contributed by atoms with van der Waals surface area (Å²) in [5.41, 5.74) is 0. The SMILES string of the molecule is CCNC(=NCCCN1CCCC1=O)NCCCN1CCCCC1C. The summed E-state index contributed by atoms with van der Waals surface area (Å²) in [5, 5.41) is 6.76. The van der Waals surface area contributed by atoms with Crippen molar-refractivity contribution in [2.24, 2.45) is 4.99 Å². The molecule has 2 aliphatic heterocycles. The van der Waals surface area contributed by atoms with Gasteiger partial charge in [0.25, 0.3) is 0 Å². The van der Waals surface area contributed by atoms with Crippen LogP contribution >= 0.6 is 0 Å². The van der Waals surface area contributed by atoms with Gasteiger partial charge in [-0.2, -0.15) is 0 Å². The minimum atomic E-state index is 0.306. The van der Waals surface area contributed by atoms with Crippen molar-refractivity contribution in [3.63, 3.8) is 0 Å². The number of nitrogens with zero attached hydrogens (tertiary/aromatic N) is 3. The fourth-order valence-electron chi connectivity index (χ4n) is 3.71. The molecule has 0 aliphatic carbocycles. The van der Waals surface area contributed by atoms with Gasteiger partial charge in [-0.1, -0.05) is 6.42 Å². The standard InChI is InChI=1S/C19H37N5O/c1-3-20-19(22-12-8-16-24-14-6-10-18(24)25)21-11-7-15-23-13-5-4-9-17(23)2/h17H,3-16H2,1-2H3,(H2,20,21,22). The van der Waals surface area contributed by atoms with Crippen molar-refractivity contribution in [3.8, 4) is 0 Å². The van der Waals surface area contributed by atoms with Gasteiger partial charge in [0, 0.05) is 51.7 Å². The number of likely N-dealkylation sites (tertiary alicyclic amines) is 2. The average Bonchev–Trinajstić information content (AvgIpc) is 3.02. The third-order valence-corrected chi connectivity index (χ3v) is 5.23. The van der Waals surface area contributed by atoms with Crippen LogP contribution in [0.2, 0.25) is 0 Å². The molecule has 2 rings (SSSR count). The predicted octanol–water partition coefficient (Wildman–Crippen LogP) is 1.82. The number of hydrogen-bond acceptors (Lipinski definition) is 3. The van der Waals surface area contributed by atoms with E-state index in [1.807, 2.05) is 4.90 Å². The van der Waals surface area contributed by atoms with Crippen LogP contribution in [0, 0.1) is 0 Å². The quantitative estimate of drug-likeness (QED) is 0.378. The van der Waals surface area contributed by atoms with E-state index in [0.717, 1.165) is 70.4 Å². The third kappa shape index (κ3) is 7.22. The Kier molecular flexibility index (Phi) is 9.08. The first-order valence-corrected chi connectivity index (χ1v) is 10.2. The number of nitrogens with one attached hydrogen (secondary N) is 2. The molecule has 0 bridgehead atoms. The van der Waals surface area contributed by atoms with Crippen molar-refractivity contribution in [1.82, 2.24) is 20.4 Å². The van der Waals surface area contributed by atoms with E-state index in [9.17, 15) is 4.79 Å². The van der Waals surface area contributed by atoms with Crippen molar-refractivity contribution < 1.29 is 4.79 Å². The topological polar surface area (TPSA) is 60.0 Å². The molecule has 2 N–H and O–H groups in total. The summed E-state index contributed by atoms with van der Waals surface area (Å²) in [4.78, 5) is 20.8. The largest absolute Gasteiger partial charge is 0.357 e. The maximum absolute atomic E-state index is 11.6. The molecule has 0 radical (unpaired) electrons. The highest BCUT2D eigenvalue weighted by molar-refractivity contribution is 5.79. The van der Waals surface area contributed by atoms with E-state index in [4.69, 9.17) is 0 Å². The van der Waals surface area contributed by atoms with E-state index in [2.05, 4.69) is 34.4 Å². The van der Waals surface area contributed by atoms with Crippen LogP contribution in [-0.4, -0.2) is 73.5 Å². The lowest BCUT2D eigenvalue weighted by molar-refractivity contribution is -0.127. The average molecular weight is 352 g/mol. The number of guanidine groups is 1. The number of hydrogen-bond donors (Lipinski definition) is 2. The number of carbonyl (C=O) groups is 1. The van der Waals surface area contributed by atoms with Crippen molar-refractivity contribution in [2.45, 2.75) is 64.8 Å². The van der Waals surface area contributed by atoms with Gasteiger partial charge in [-0.3, -0.25) is 9.79 Å². The molecule has 0 aromatic carbocycles. The summed E-state index contributed by atoms with van der Waals surface area (Å²) >= 11 is 0. The molecule has 25 heavy (non-hydrogen) atoms. The number of aliphatic imine (C=N–C) groups is 1. The van der Waals surface area contributed by atoms with Gasteiger partial charge < -0.3 is 20.4 Å². The molecule has 0 aromatic rings. The number of amides is 1. The van der Waals surface area contributed by atoms with Crippen LogP contribution in [0.25, 0.3) is 0 Å². The Bertz CT molecular complexity index is 426.